The second-order valence-electron chi connectivity index (χ2n) is 4.15. The Kier molecular flexibility index (Phi) is 3.80. The molecule has 1 aromatic rings. The van der Waals surface area contributed by atoms with E-state index in [0.717, 1.165) is 11.3 Å². The third-order valence-corrected chi connectivity index (χ3v) is 2.59. The lowest BCUT2D eigenvalue weighted by molar-refractivity contribution is -0.111. The van der Waals surface area contributed by atoms with Gasteiger partial charge in [0.2, 0.25) is 0 Å². The highest BCUT2D eigenvalue weighted by Gasteiger charge is 2.25. The van der Waals surface area contributed by atoms with Crippen LogP contribution in [0.4, 0.5) is 0 Å². The molecule has 0 radical (unpaired) electrons. The molecule has 0 aliphatic heterocycles. The zero-order valence-electron chi connectivity index (χ0n) is 9.28. The van der Waals surface area contributed by atoms with Crippen LogP contribution in [-0.4, -0.2) is 12.2 Å². The fourth-order valence-electron chi connectivity index (χ4n) is 1.68. The van der Waals surface area contributed by atoms with Crippen LogP contribution in [0.1, 0.15) is 25.8 Å². The van der Waals surface area contributed by atoms with Crippen LogP contribution >= 0.6 is 12.6 Å². The van der Waals surface area contributed by atoms with Crippen LogP contribution < -0.4 is 4.74 Å². The van der Waals surface area contributed by atoms with Crippen molar-refractivity contribution in [2.75, 3.05) is 7.11 Å². The smallest absolute Gasteiger partial charge is 0.186 e. The third-order valence-electron chi connectivity index (χ3n) is 2.43. The largest absolute Gasteiger partial charge is 0.496 e. The number of carbonyl (C=O) groups excluding carboxylic acids is 1. The first kappa shape index (κ1) is 12.1. The summed E-state index contributed by atoms with van der Waals surface area (Å²) in [6.07, 6.45) is 0.399. The van der Waals surface area contributed by atoms with Gasteiger partial charge in [-0.3, -0.25) is 4.79 Å². The number of thiol groups is 1. The Bertz CT molecular complexity index is 358. The Morgan fingerprint density at radius 1 is 1.40 bits per heavy atom. The normalized spacial score (nSPS) is 11.2. The predicted molar refractivity (Wildman–Crippen MR) is 64.6 cm³/mol. The molecule has 0 aromatic heterocycles. The molecule has 2 nitrogen and oxygen atoms in total. The van der Waals surface area contributed by atoms with Gasteiger partial charge < -0.3 is 4.74 Å². The summed E-state index contributed by atoms with van der Waals surface area (Å²) in [4.78, 5) is 11.1. The Morgan fingerprint density at radius 2 is 2.00 bits per heavy atom. The quantitative estimate of drug-likeness (QED) is 0.796. The minimum Gasteiger partial charge on any atom is -0.496 e. The molecular weight excluding hydrogens is 208 g/mol. The number of para-hydroxylation sites is 1. The second kappa shape index (κ2) is 4.71. The van der Waals surface area contributed by atoms with Crippen molar-refractivity contribution in [3.05, 3.63) is 29.8 Å². The highest BCUT2D eigenvalue weighted by Crippen LogP contribution is 2.34. The summed E-state index contributed by atoms with van der Waals surface area (Å²) in [5, 5.41) is -0.106. The predicted octanol–water partition coefficient (Wildman–Crippen LogP) is 2.82. The van der Waals surface area contributed by atoms with Crippen molar-refractivity contribution < 1.29 is 9.53 Å². The van der Waals surface area contributed by atoms with Gasteiger partial charge in [-0.15, -0.1) is 12.6 Å². The lowest BCUT2D eigenvalue weighted by Gasteiger charge is -2.25. The van der Waals surface area contributed by atoms with Crippen LogP contribution in [0.2, 0.25) is 0 Å². The van der Waals surface area contributed by atoms with E-state index in [1.807, 2.05) is 38.1 Å². The SMILES string of the molecule is COc1ccccc1C(C)(C)CC(=O)S. The summed E-state index contributed by atoms with van der Waals surface area (Å²) in [6, 6.07) is 7.75. The van der Waals surface area contributed by atoms with Crippen LogP contribution in [0.25, 0.3) is 0 Å². The van der Waals surface area contributed by atoms with Gasteiger partial charge in [0.15, 0.2) is 5.12 Å². The van der Waals surface area contributed by atoms with E-state index in [9.17, 15) is 4.79 Å². The van der Waals surface area contributed by atoms with Crippen LogP contribution in [-0.2, 0) is 10.2 Å². The summed E-state index contributed by atoms with van der Waals surface area (Å²) in [7, 11) is 1.64. The first-order valence-corrected chi connectivity index (χ1v) is 5.27. The van der Waals surface area contributed by atoms with Crippen molar-refractivity contribution in [3.8, 4) is 5.75 Å². The molecule has 0 unspecified atom stereocenters. The van der Waals surface area contributed by atoms with E-state index in [4.69, 9.17) is 4.74 Å². The molecule has 0 fully saturated rings. The number of hydrogen-bond acceptors (Lipinski definition) is 2. The molecule has 1 rings (SSSR count). The van der Waals surface area contributed by atoms with Gasteiger partial charge in [-0.2, -0.15) is 0 Å². The Balaban J connectivity index is 3.07. The van der Waals surface area contributed by atoms with Crippen LogP contribution in [0.3, 0.4) is 0 Å². The number of carbonyl (C=O) groups is 1. The average Bonchev–Trinajstić information content (AvgIpc) is 2.16. The second-order valence-corrected chi connectivity index (χ2v) is 4.65. The van der Waals surface area contributed by atoms with Crippen LogP contribution in [0, 0.1) is 0 Å². The zero-order valence-corrected chi connectivity index (χ0v) is 10.2. The molecule has 0 heterocycles. The minimum atomic E-state index is -0.245. The van der Waals surface area contributed by atoms with Crippen molar-refractivity contribution in [1.82, 2.24) is 0 Å². The summed E-state index contributed by atoms with van der Waals surface area (Å²) in [5.74, 6) is 0.817. The molecule has 3 heteroatoms. The van der Waals surface area contributed by atoms with Crippen molar-refractivity contribution >= 4 is 17.7 Å². The van der Waals surface area contributed by atoms with Gasteiger partial charge >= 0.3 is 0 Å². The van der Waals surface area contributed by atoms with Gasteiger partial charge in [0.1, 0.15) is 5.75 Å². The first-order valence-electron chi connectivity index (χ1n) is 4.82. The highest BCUT2D eigenvalue weighted by molar-refractivity contribution is 7.96. The molecule has 82 valence electrons. The third kappa shape index (κ3) is 2.99. The summed E-state index contributed by atoms with van der Waals surface area (Å²) in [5.41, 5.74) is 0.792. The van der Waals surface area contributed by atoms with E-state index in [-0.39, 0.29) is 10.5 Å². The number of ether oxygens (including phenoxy) is 1. The average molecular weight is 224 g/mol. The minimum absolute atomic E-state index is 0.106. The van der Waals surface area contributed by atoms with Gasteiger partial charge in [0.05, 0.1) is 7.11 Å². The molecule has 0 saturated heterocycles. The lowest BCUT2D eigenvalue weighted by Crippen LogP contribution is -2.20. The van der Waals surface area contributed by atoms with Gasteiger partial charge in [-0.1, -0.05) is 32.0 Å². The molecule has 0 amide bonds. The lowest BCUT2D eigenvalue weighted by atomic mass is 9.81. The van der Waals surface area contributed by atoms with E-state index in [0.29, 0.717) is 6.42 Å². The van der Waals surface area contributed by atoms with Crippen molar-refractivity contribution in [1.29, 1.82) is 0 Å². The summed E-state index contributed by atoms with van der Waals surface area (Å²) >= 11 is 3.83. The highest BCUT2D eigenvalue weighted by atomic mass is 32.1. The zero-order chi connectivity index (χ0) is 11.5. The molecule has 0 N–H and O–H groups in total. The van der Waals surface area contributed by atoms with E-state index in [1.165, 1.54) is 0 Å². The Labute approximate surface area is 96.1 Å². The van der Waals surface area contributed by atoms with E-state index in [1.54, 1.807) is 7.11 Å². The number of hydrogen-bond donors (Lipinski definition) is 1. The molecule has 0 atom stereocenters. The van der Waals surface area contributed by atoms with Gasteiger partial charge in [-0.05, 0) is 6.07 Å². The maximum atomic E-state index is 11.1. The topological polar surface area (TPSA) is 26.3 Å². The number of benzene rings is 1. The van der Waals surface area contributed by atoms with Crippen molar-refractivity contribution in [3.63, 3.8) is 0 Å². The Morgan fingerprint density at radius 3 is 2.53 bits per heavy atom. The summed E-state index contributed by atoms with van der Waals surface area (Å²) in [6.45, 7) is 4.03. The maximum absolute atomic E-state index is 11.1. The monoisotopic (exact) mass is 224 g/mol. The molecule has 0 aliphatic rings. The molecule has 15 heavy (non-hydrogen) atoms. The Hall–Kier alpha value is -0.960. The van der Waals surface area contributed by atoms with Crippen LogP contribution in [0.5, 0.6) is 5.75 Å². The molecular formula is C12H16O2S. The van der Waals surface area contributed by atoms with Gasteiger partial charge in [-0.25, -0.2) is 0 Å². The standard InChI is InChI=1S/C12H16O2S/c1-12(2,8-11(13)15)9-6-4-5-7-10(9)14-3/h4-7H,8H2,1-3H3,(H,13,15). The number of rotatable bonds is 4. The van der Waals surface area contributed by atoms with Gasteiger partial charge in [0.25, 0.3) is 0 Å². The van der Waals surface area contributed by atoms with E-state index >= 15 is 0 Å². The van der Waals surface area contributed by atoms with E-state index < -0.39 is 0 Å². The van der Waals surface area contributed by atoms with Gasteiger partial charge in [0, 0.05) is 17.4 Å². The molecule has 0 bridgehead atoms. The molecule has 1 aromatic carbocycles. The maximum Gasteiger partial charge on any atom is 0.186 e. The molecule has 0 saturated carbocycles. The summed E-state index contributed by atoms with van der Waals surface area (Å²) < 4.78 is 5.28. The van der Waals surface area contributed by atoms with Crippen molar-refractivity contribution in [2.24, 2.45) is 0 Å². The van der Waals surface area contributed by atoms with Crippen molar-refractivity contribution in [2.45, 2.75) is 25.7 Å². The first-order chi connectivity index (χ1) is 6.97. The molecule has 0 aliphatic carbocycles. The fourth-order valence-corrected chi connectivity index (χ4v) is 2.07. The molecule has 0 spiro atoms. The van der Waals surface area contributed by atoms with E-state index in [2.05, 4.69) is 12.6 Å². The fraction of sp³-hybridized carbons (Fsp3) is 0.417. The van der Waals surface area contributed by atoms with Crippen LogP contribution in [0.15, 0.2) is 24.3 Å². The number of methoxy groups -OCH3 is 1.